The molecule has 0 spiro atoms. The van der Waals surface area contributed by atoms with E-state index in [-0.39, 0.29) is 36.7 Å². The second-order valence-corrected chi connectivity index (χ2v) is 7.94. The van der Waals surface area contributed by atoms with E-state index in [9.17, 15) is 36.2 Å². The summed E-state index contributed by atoms with van der Waals surface area (Å²) >= 11 is 0. The number of hydrogen-bond donors (Lipinski definition) is 1. The van der Waals surface area contributed by atoms with Crippen LogP contribution in [0.1, 0.15) is 51.4 Å². The largest absolute Gasteiger partial charge is 0.430 e. The predicted octanol–water partition coefficient (Wildman–Crippen LogP) is 5.34. The fraction of sp³-hybridized carbons (Fsp3) is 0.619. The van der Waals surface area contributed by atoms with Crippen molar-refractivity contribution in [1.82, 2.24) is 4.90 Å². The molecule has 0 saturated carbocycles. The van der Waals surface area contributed by atoms with Crippen molar-refractivity contribution in [1.29, 1.82) is 0 Å². The zero-order chi connectivity index (χ0) is 22.2. The average Bonchev–Trinajstić information content (AvgIpc) is 2.88. The Hall–Kier alpha value is -1.99. The van der Waals surface area contributed by atoms with Crippen molar-refractivity contribution in [2.45, 2.75) is 75.4 Å². The lowest BCUT2D eigenvalue weighted by atomic mass is 9.81. The molecule has 3 rings (SSSR count). The quantitative estimate of drug-likeness (QED) is 0.369. The maximum atomic E-state index is 13.2. The molecule has 1 heterocycles. The summed E-state index contributed by atoms with van der Waals surface area (Å²) in [6, 6.07) is -0.654. The van der Waals surface area contributed by atoms with Crippen LogP contribution in [0.25, 0.3) is 0 Å². The number of carbonyl (C=O) groups is 1. The van der Waals surface area contributed by atoms with Crippen molar-refractivity contribution in [3.63, 3.8) is 0 Å². The van der Waals surface area contributed by atoms with E-state index in [1.165, 1.54) is 4.90 Å². The Balaban J connectivity index is 1.94. The van der Waals surface area contributed by atoms with Crippen LogP contribution in [-0.2, 0) is 4.79 Å². The summed E-state index contributed by atoms with van der Waals surface area (Å²) in [5.74, 6) is -0.148. The van der Waals surface area contributed by atoms with Gasteiger partial charge < -0.3 is 10.0 Å². The molecule has 30 heavy (non-hydrogen) atoms. The molecule has 3 aliphatic rings. The van der Waals surface area contributed by atoms with Crippen LogP contribution in [0.5, 0.6) is 0 Å². The van der Waals surface area contributed by atoms with Gasteiger partial charge in [0.05, 0.1) is 6.04 Å². The van der Waals surface area contributed by atoms with Gasteiger partial charge >= 0.3 is 12.4 Å². The number of rotatable bonds is 3. The average molecular weight is 435 g/mol. The maximum Gasteiger partial charge on any atom is 0.430 e. The minimum atomic E-state index is -5.92. The number of nitrogens with zero attached hydrogens (tertiary/aromatic N) is 1. The van der Waals surface area contributed by atoms with E-state index >= 15 is 0 Å². The molecule has 0 aromatic carbocycles. The van der Waals surface area contributed by atoms with Crippen molar-refractivity contribution >= 4 is 5.91 Å². The molecule has 0 bridgehead atoms. The highest BCUT2D eigenvalue weighted by Crippen LogP contribution is 2.50. The Morgan fingerprint density at radius 1 is 1.07 bits per heavy atom. The molecule has 0 aromatic heterocycles. The number of halogens is 6. The lowest BCUT2D eigenvalue weighted by Crippen LogP contribution is -2.58. The molecule has 166 valence electrons. The number of aliphatic hydroxyl groups is 1. The topological polar surface area (TPSA) is 40.5 Å². The summed E-state index contributed by atoms with van der Waals surface area (Å²) in [7, 11) is 0. The molecule has 2 atom stereocenters. The molecule has 0 radical (unpaired) electrons. The maximum absolute atomic E-state index is 13.2. The highest BCUT2D eigenvalue weighted by Gasteiger charge is 2.72. The van der Waals surface area contributed by atoms with Crippen LogP contribution in [0, 0.1) is 5.92 Å². The van der Waals surface area contributed by atoms with Crippen molar-refractivity contribution in [2.24, 2.45) is 5.92 Å². The van der Waals surface area contributed by atoms with Gasteiger partial charge in [-0.25, -0.2) is 0 Å². The minimum Gasteiger partial charge on any atom is -0.369 e. The molecule has 2 aliphatic carbocycles. The van der Waals surface area contributed by atoms with Crippen LogP contribution < -0.4 is 0 Å². The van der Waals surface area contributed by atoms with Crippen LogP contribution >= 0.6 is 0 Å². The second-order valence-electron chi connectivity index (χ2n) is 7.94. The lowest BCUT2D eigenvalue weighted by molar-refractivity contribution is -0.352. The van der Waals surface area contributed by atoms with E-state index < -0.39 is 36.0 Å². The number of carbonyl (C=O) groups excluding carboxylic acids is 1. The SMILES string of the molecule is O=C(CC1C=CCCC1)N1C=CCCC2=C=C(C(O)(C(F)(F)F)C(F)(F)F)CCC21. The van der Waals surface area contributed by atoms with Gasteiger partial charge in [-0.2, -0.15) is 26.3 Å². The highest BCUT2D eigenvalue weighted by molar-refractivity contribution is 5.78. The van der Waals surface area contributed by atoms with E-state index in [2.05, 4.69) is 5.73 Å². The highest BCUT2D eigenvalue weighted by atomic mass is 19.4. The van der Waals surface area contributed by atoms with Gasteiger partial charge in [0.25, 0.3) is 5.60 Å². The van der Waals surface area contributed by atoms with Gasteiger partial charge in [-0.3, -0.25) is 4.79 Å². The molecule has 0 fully saturated rings. The Labute approximate surface area is 170 Å². The number of alkyl halides is 6. The molecule has 1 amide bonds. The van der Waals surface area contributed by atoms with E-state index in [1.807, 2.05) is 12.2 Å². The van der Waals surface area contributed by atoms with Crippen molar-refractivity contribution < 1.29 is 36.2 Å². The molecule has 9 heteroatoms. The smallest absolute Gasteiger partial charge is 0.369 e. The number of hydrogen-bond acceptors (Lipinski definition) is 2. The standard InChI is InChI=1S/C21H23F6NO2/c22-20(23,24)19(30,21(25,26)27)16-9-10-17-15(13-16)8-4-5-11-28(17)18(29)12-14-6-2-1-3-7-14/h2,5-6,11,14,17,30H,1,3-4,7-10,12H2. The van der Waals surface area contributed by atoms with Crippen LogP contribution in [0.2, 0.25) is 0 Å². The number of amides is 1. The first kappa shape index (κ1) is 22.7. The van der Waals surface area contributed by atoms with Crippen molar-refractivity contribution in [3.8, 4) is 0 Å². The zero-order valence-electron chi connectivity index (χ0n) is 16.2. The Bertz CT molecular complexity index is 787. The second kappa shape index (κ2) is 8.27. The lowest BCUT2D eigenvalue weighted by Gasteiger charge is -2.37. The number of fused-ring (bicyclic) bond motifs is 1. The van der Waals surface area contributed by atoms with Gasteiger partial charge in [-0.05, 0) is 56.4 Å². The van der Waals surface area contributed by atoms with Gasteiger partial charge in [-0.15, -0.1) is 5.73 Å². The van der Waals surface area contributed by atoms with Crippen LogP contribution in [0.3, 0.4) is 0 Å². The Morgan fingerprint density at radius 3 is 2.37 bits per heavy atom. The summed E-state index contributed by atoms with van der Waals surface area (Å²) in [6.45, 7) is 0. The summed E-state index contributed by atoms with van der Waals surface area (Å²) in [6.07, 6.45) is -1.86. The molecular weight excluding hydrogens is 412 g/mol. The molecule has 1 aliphatic heterocycles. The first-order valence-electron chi connectivity index (χ1n) is 9.94. The van der Waals surface area contributed by atoms with Crippen LogP contribution in [0.4, 0.5) is 26.3 Å². The number of allylic oxidation sites excluding steroid dienone is 3. The first-order chi connectivity index (χ1) is 13.9. The Morgan fingerprint density at radius 2 is 1.77 bits per heavy atom. The third-order valence-electron chi connectivity index (χ3n) is 5.90. The first-order valence-corrected chi connectivity index (χ1v) is 9.94. The molecule has 2 unspecified atom stereocenters. The molecule has 1 N–H and O–H groups in total. The fourth-order valence-electron chi connectivity index (χ4n) is 4.28. The normalized spacial score (nSPS) is 25.4. The van der Waals surface area contributed by atoms with Gasteiger partial charge in [0.2, 0.25) is 5.91 Å². The predicted molar refractivity (Wildman–Crippen MR) is 96.9 cm³/mol. The molecule has 0 saturated heterocycles. The van der Waals surface area contributed by atoms with Gasteiger partial charge in [0, 0.05) is 18.2 Å². The third kappa shape index (κ3) is 4.23. The van der Waals surface area contributed by atoms with Crippen LogP contribution in [-0.4, -0.2) is 39.9 Å². The van der Waals surface area contributed by atoms with Crippen molar-refractivity contribution in [3.05, 3.63) is 41.3 Å². The molecule has 0 aromatic rings. The summed E-state index contributed by atoms with van der Waals surface area (Å²) in [5.41, 5.74) is -3.77. The van der Waals surface area contributed by atoms with E-state index in [0.29, 0.717) is 6.42 Å². The van der Waals surface area contributed by atoms with Gasteiger partial charge in [-0.1, -0.05) is 18.2 Å². The van der Waals surface area contributed by atoms with Gasteiger partial charge in [0.15, 0.2) is 0 Å². The Kier molecular flexibility index (Phi) is 6.25. The fourth-order valence-corrected chi connectivity index (χ4v) is 4.28. The van der Waals surface area contributed by atoms with Crippen molar-refractivity contribution in [2.75, 3.05) is 0 Å². The van der Waals surface area contributed by atoms with Gasteiger partial charge in [0.1, 0.15) is 0 Å². The van der Waals surface area contributed by atoms with E-state index in [1.54, 1.807) is 12.3 Å². The van der Waals surface area contributed by atoms with Crippen LogP contribution in [0.15, 0.2) is 41.3 Å². The van der Waals surface area contributed by atoms with E-state index in [4.69, 9.17) is 0 Å². The minimum absolute atomic E-state index is 0.0746. The molecular formula is C21H23F6NO2. The summed E-state index contributed by atoms with van der Waals surface area (Å²) in [5, 5.41) is 9.69. The summed E-state index contributed by atoms with van der Waals surface area (Å²) in [4.78, 5) is 14.3. The monoisotopic (exact) mass is 435 g/mol. The third-order valence-corrected chi connectivity index (χ3v) is 5.90. The molecule has 3 nitrogen and oxygen atoms in total. The van der Waals surface area contributed by atoms with E-state index in [0.717, 1.165) is 19.3 Å². The zero-order valence-corrected chi connectivity index (χ0v) is 16.2. The summed E-state index contributed by atoms with van der Waals surface area (Å²) < 4.78 is 79.4.